The molecule has 0 saturated carbocycles. The van der Waals surface area contributed by atoms with E-state index in [-0.39, 0.29) is 11.9 Å². The van der Waals surface area contributed by atoms with Gasteiger partial charge in [0, 0.05) is 14.3 Å². The molecule has 0 aliphatic rings. The van der Waals surface area contributed by atoms with E-state index in [2.05, 4.69) is 29.8 Å². The van der Waals surface area contributed by atoms with E-state index in [1.165, 1.54) is 14.3 Å². The number of rotatable bonds is 5. The van der Waals surface area contributed by atoms with E-state index in [4.69, 9.17) is 0 Å². The van der Waals surface area contributed by atoms with Crippen LogP contribution in [0.1, 0.15) is 35.4 Å². The minimum atomic E-state index is -0.130. The molecule has 110 valence electrons. The summed E-state index contributed by atoms with van der Waals surface area (Å²) < 4.78 is 16.5. The van der Waals surface area contributed by atoms with Gasteiger partial charge in [-0.2, -0.15) is 0 Å². The molecule has 0 radical (unpaired) electrons. The second-order valence-corrected chi connectivity index (χ2v) is 7.26. The molecule has 1 N–H and O–H groups in total. The van der Waals surface area contributed by atoms with Crippen molar-refractivity contribution in [3.63, 3.8) is 0 Å². The third kappa shape index (κ3) is 3.03. The van der Waals surface area contributed by atoms with E-state index in [0.29, 0.717) is 5.56 Å². The van der Waals surface area contributed by atoms with Crippen molar-refractivity contribution in [3.8, 4) is 0 Å². The monoisotopic (exact) mass is 319 g/mol. The average Bonchev–Trinajstić information content (AvgIpc) is 3.04. The zero-order valence-corrected chi connectivity index (χ0v) is 13.8. The molecule has 4 heteroatoms. The minimum absolute atomic E-state index is 0.0737. The fourth-order valence-corrected chi connectivity index (χ4v) is 4.61. The number of aryl methyl sites for hydroxylation is 1. The highest BCUT2D eigenvalue weighted by Gasteiger charge is 2.17. The van der Waals surface area contributed by atoms with Gasteiger partial charge in [-0.05, 0) is 54.6 Å². The Morgan fingerprint density at radius 1 is 1.19 bits per heavy atom. The summed E-state index contributed by atoms with van der Waals surface area (Å²) in [6.45, 7) is 4.87. The van der Waals surface area contributed by atoms with Gasteiger partial charge in [0.1, 0.15) is 5.82 Å². The van der Waals surface area contributed by atoms with Crippen LogP contribution in [0.2, 0.25) is 0 Å². The van der Waals surface area contributed by atoms with Crippen molar-refractivity contribution in [2.24, 2.45) is 0 Å². The number of hydrogen-bond acceptors (Lipinski definition) is 3. The van der Waals surface area contributed by atoms with Gasteiger partial charge < -0.3 is 5.32 Å². The molecular formula is C17H18FNS2. The lowest BCUT2D eigenvalue weighted by molar-refractivity contribution is 0.587. The van der Waals surface area contributed by atoms with Crippen molar-refractivity contribution >= 4 is 32.1 Å². The predicted molar refractivity (Wildman–Crippen MR) is 91.0 cm³/mol. The largest absolute Gasteiger partial charge is 0.306 e. The Morgan fingerprint density at radius 2 is 2.05 bits per heavy atom. The molecule has 1 aromatic carbocycles. The van der Waals surface area contributed by atoms with Gasteiger partial charge in [0.05, 0.1) is 6.04 Å². The number of benzene rings is 1. The maximum absolute atomic E-state index is 13.9. The predicted octanol–water partition coefficient (Wildman–Crippen LogP) is 5.50. The quantitative estimate of drug-likeness (QED) is 0.655. The van der Waals surface area contributed by atoms with Crippen LogP contribution in [0.5, 0.6) is 0 Å². The van der Waals surface area contributed by atoms with Gasteiger partial charge in [0.25, 0.3) is 0 Å². The number of halogens is 1. The highest BCUT2D eigenvalue weighted by molar-refractivity contribution is 7.27. The van der Waals surface area contributed by atoms with Gasteiger partial charge in [-0.1, -0.05) is 19.1 Å². The smallest absolute Gasteiger partial charge is 0.126 e. The van der Waals surface area contributed by atoms with Crippen molar-refractivity contribution in [1.29, 1.82) is 0 Å². The second kappa shape index (κ2) is 6.26. The topological polar surface area (TPSA) is 12.0 Å². The van der Waals surface area contributed by atoms with Crippen LogP contribution in [-0.2, 0) is 0 Å². The molecule has 0 amide bonds. The number of thiophene rings is 2. The van der Waals surface area contributed by atoms with E-state index in [1.54, 1.807) is 35.7 Å². The summed E-state index contributed by atoms with van der Waals surface area (Å²) in [5.41, 5.74) is 1.70. The van der Waals surface area contributed by atoms with Crippen molar-refractivity contribution in [2.75, 3.05) is 6.54 Å². The van der Waals surface area contributed by atoms with Crippen LogP contribution in [0.15, 0.2) is 35.7 Å². The molecule has 3 aromatic rings. The Balaban J connectivity index is 1.99. The molecule has 1 unspecified atom stereocenters. The van der Waals surface area contributed by atoms with E-state index >= 15 is 0 Å². The van der Waals surface area contributed by atoms with Crippen molar-refractivity contribution in [2.45, 2.75) is 26.3 Å². The van der Waals surface area contributed by atoms with Crippen molar-refractivity contribution in [1.82, 2.24) is 5.32 Å². The normalized spacial score (nSPS) is 12.9. The lowest BCUT2D eigenvalue weighted by atomic mass is 10.0. The van der Waals surface area contributed by atoms with Gasteiger partial charge in [-0.25, -0.2) is 4.39 Å². The molecule has 1 atom stereocenters. The third-order valence-electron chi connectivity index (χ3n) is 3.57. The van der Waals surface area contributed by atoms with Crippen LogP contribution < -0.4 is 5.32 Å². The van der Waals surface area contributed by atoms with Gasteiger partial charge >= 0.3 is 0 Å². The Labute approximate surface area is 132 Å². The molecule has 0 aliphatic heterocycles. The second-order valence-electron chi connectivity index (χ2n) is 5.19. The Hall–Kier alpha value is -1.23. The van der Waals surface area contributed by atoms with Crippen LogP contribution in [0, 0.1) is 12.7 Å². The summed E-state index contributed by atoms with van der Waals surface area (Å²) in [6.07, 6.45) is 1.06. The SMILES string of the molecule is CCCNC(c1ccc(C)c(F)c1)c1cc2sccc2s1. The van der Waals surface area contributed by atoms with Gasteiger partial charge in [-0.3, -0.25) is 0 Å². The van der Waals surface area contributed by atoms with E-state index in [0.717, 1.165) is 18.5 Å². The zero-order valence-electron chi connectivity index (χ0n) is 12.2. The molecule has 1 nitrogen and oxygen atoms in total. The number of hydrogen-bond donors (Lipinski definition) is 1. The summed E-state index contributed by atoms with van der Waals surface area (Å²) in [6, 6.07) is 10.0. The summed E-state index contributed by atoms with van der Waals surface area (Å²) in [4.78, 5) is 1.26. The minimum Gasteiger partial charge on any atom is -0.306 e. The van der Waals surface area contributed by atoms with Crippen LogP contribution in [0.25, 0.3) is 9.40 Å². The highest BCUT2D eigenvalue weighted by Crippen LogP contribution is 2.36. The lowest BCUT2D eigenvalue weighted by Crippen LogP contribution is -2.22. The van der Waals surface area contributed by atoms with Crippen LogP contribution >= 0.6 is 22.7 Å². The Bertz CT molecular complexity index is 716. The van der Waals surface area contributed by atoms with Crippen LogP contribution in [0.4, 0.5) is 4.39 Å². The van der Waals surface area contributed by atoms with Crippen LogP contribution in [0.3, 0.4) is 0 Å². The molecule has 0 spiro atoms. The number of fused-ring (bicyclic) bond motifs is 1. The van der Waals surface area contributed by atoms with Gasteiger partial charge in [-0.15, -0.1) is 22.7 Å². The van der Waals surface area contributed by atoms with Crippen molar-refractivity contribution in [3.05, 3.63) is 57.5 Å². The van der Waals surface area contributed by atoms with E-state index < -0.39 is 0 Å². The highest BCUT2D eigenvalue weighted by atomic mass is 32.1. The Kier molecular flexibility index (Phi) is 4.38. The third-order valence-corrected chi connectivity index (χ3v) is 5.73. The van der Waals surface area contributed by atoms with E-state index in [1.807, 2.05) is 12.1 Å². The molecule has 0 fully saturated rings. The molecule has 0 aliphatic carbocycles. The molecule has 2 aromatic heterocycles. The fraction of sp³-hybridized carbons (Fsp3) is 0.294. The average molecular weight is 319 g/mol. The summed E-state index contributed by atoms with van der Waals surface area (Å²) in [5.74, 6) is -0.130. The maximum atomic E-state index is 13.9. The molecule has 21 heavy (non-hydrogen) atoms. The first-order chi connectivity index (χ1) is 10.2. The Morgan fingerprint density at radius 3 is 2.76 bits per heavy atom. The molecule has 2 heterocycles. The van der Waals surface area contributed by atoms with Crippen molar-refractivity contribution < 1.29 is 4.39 Å². The molecule has 0 bridgehead atoms. The van der Waals surface area contributed by atoms with Gasteiger partial charge in [0.2, 0.25) is 0 Å². The standard InChI is InChI=1S/C17H18FNS2/c1-3-7-19-17(12-5-4-11(2)13(18)9-12)16-10-15-14(21-16)6-8-20-15/h4-6,8-10,17,19H,3,7H2,1-2H3. The molecule has 0 saturated heterocycles. The van der Waals surface area contributed by atoms with Crippen LogP contribution in [-0.4, -0.2) is 6.54 Å². The summed E-state index contributed by atoms with van der Waals surface area (Å²) in [5, 5.41) is 5.66. The molecular weight excluding hydrogens is 301 g/mol. The zero-order chi connectivity index (χ0) is 14.8. The summed E-state index contributed by atoms with van der Waals surface area (Å²) in [7, 11) is 0. The lowest BCUT2D eigenvalue weighted by Gasteiger charge is -2.18. The maximum Gasteiger partial charge on any atom is 0.126 e. The first kappa shape index (κ1) is 14.7. The fourth-order valence-electron chi connectivity index (χ4n) is 2.39. The first-order valence-corrected chi connectivity index (χ1v) is 8.85. The summed E-state index contributed by atoms with van der Waals surface area (Å²) >= 11 is 3.55. The molecule has 3 rings (SSSR count). The number of nitrogens with one attached hydrogen (secondary N) is 1. The van der Waals surface area contributed by atoms with Gasteiger partial charge in [0.15, 0.2) is 0 Å². The first-order valence-electron chi connectivity index (χ1n) is 7.15. The van der Waals surface area contributed by atoms with E-state index in [9.17, 15) is 4.39 Å².